The summed E-state index contributed by atoms with van der Waals surface area (Å²) < 4.78 is 31.8. The van der Waals surface area contributed by atoms with Gasteiger partial charge in [0.1, 0.15) is 0 Å². The zero-order valence-corrected chi connectivity index (χ0v) is 18.5. The van der Waals surface area contributed by atoms with E-state index in [1.165, 1.54) is 16.4 Å². The van der Waals surface area contributed by atoms with Crippen LogP contribution in [-0.4, -0.2) is 68.2 Å². The number of nitrogens with two attached hydrogens (primary N) is 1. The number of amides is 2. The van der Waals surface area contributed by atoms with Crippen LogP contribution in [0.4, 0.5) is 0 Å². The zero-order chi connectivity index (χ0) is 22.6. The first kappa shape index (κ1) is 23.0. The third-order valence-electron chi connectivity index (χ3n) is 5.57. The van der Waals surface area contributed by atoms with Crippen LogP contribution >= 0.6 is 0 Å². The summed E-state index contributed by atoms with van der Waals surface area (Å²) in [6.45, 7) is 5.65. The van der Waals surface area contributed by atoms with Gasteiger partial charge in [0.25, 0.3) is 15.9 Å². The van der Waals surface area contributed by atoms with Gasteiger partial charge in [-0.15, -0.1) is 0 Å². The van der Waals surface area contributed by atoms with Crippen LogP contribution in [0.3, 0.4) is 0 Å². The van der Waals surface area contributed by atoms with Gasteiger partial charge in [-0.1, -0.05) is 37.3 Å². The molecule has 1 aliphatic rings. The molecule has 0 radical (unpaired) electrons. The number of nitrogens with one attached hydrogen (secondary N) is 1. The van der Waals surface area contributed by atoms with Crippen LogP contribution in [0, 0.1) is 0 Å². The van der Waals surface area contributed by atoms with E-state index in [1.54, 1.807) is 0 Å². The highest BCUT2D eigenvalue weighted by molar-refractivity contribution is 7.89. The van der Waals surface area contributed by atoms with E-state index in [2.05, 4.69) is 12.2 Å². The van der Waals surface area contributed by atoms with Gasteiger partial charge in [0.15, 0.2) is 5.76 Å². The topological polar surface area (TPSA) is 126 Å². The highest BCUT2D eigenvalue weighted by atomic mass is 32.2. The minimum absolute atomic E-state index is 0.0868. The number of hydrogen-bond acceptors (Lipinski definition) is 6. The molecule has 1 aromatic heterocycles. The van der Waals surface area contributed by atoms with E-state index in [0.717, 1.165) is 5.56 Å². The summed E-state index contributed by atoms with van der Waals surface area (Å²) in [6.07, 6.45) is 0. The van der Waals surface area contributed by atoms with Gasteiger partial charge in [0.05, 0.1) is 6.04 Å². The molecule has 0 saturated carbocycles. The van der Waals surface area contributed by atoms with E-state index < -0.39 is 15.9 Å². The van der Waals surface area contributed by atoms with Gasteiger partial charge in [-0.2, -0.15) is 4.31 Å². The maximum atomic E-state index is 12.7. The molecule has 0 bridgehead atoms. The molecule has 1 aromatic carbocycles. The number of carbonyl (C=O) groups excluding carboxylic acids is 2. The summed E-state index contributed by atoms with van der Waals surface area (Å²) in [7, 11) is -3.86. The van der Waals surface area contributed by atoms with Crippen LogP contribution in [0.2, 0.25) is 0 Å². The van der Waals surface area contributed by atoms with Crippen LogP contribution < -0.4 is 11.1 Å². The van der Waals surface area contributed by atoms with Crippen LogP contribution in [0.5, 0.6) is 0 Å². The molecule has 2 unspecified atom stereocenters. The predicted molar refractivity (Wildman–Crippen MR) is 115 cm³/mol. The molecular weight excluding hydrogens is 420 g/mol. The van der Waals surface area contributed by atoms with Gasteiger partial charge >= 0.3 is 0 Å². The van der Waals surface area contributed by atoms with Crippen molar-refractivity contribution in [2.24, 2.45) is 5.73 Å². The Labute approximate surface area is 182 Å². The van der Waals surface area contributed by atoms with Crippen molar-refractivity contribution in [2.75, 3.05) is 32.7 Å². The van der Waals surface area contributed by atoms with Crippen LogP contribution in [0.25, 0.3) is 0 Å². The summed E-state index contributed by atoms with van der Waals surface area (Å²) in [5, 5.41) is 2.68. The quantitative estimate of drug-likeness (QED) is 0.620. The van der Waals surface area contributed by atoms with Gasteiger partial charge < -0.3 is 15.5 Å². The molecule has 3 rings (SSSR count). The van der Waals surface area contributed by atoms with E-state index in [9.17, 15) is 18.0 Å². The number of benzene rings is 1. The maximum absolute atomic E-state index is 12.7. The van der Waals surface area contributed by atoms with Crippen LogP contribution in [-0.2, 0) is 14.8 Å². The Balaban J connectivity index is 1.52. The number of primary amides is 1. The third-order valence-corrected chi connectivity index (χ3v) is 7.34. The molecule has 2 amide bonds. The van der Waals surface area contributed by atoms with E-state index in [-0.39, 0.29) is 41.8 Å². The fourth-order valence-corrected chi connectivity index (χ4v) is 4.85. The van der Waals surface area contributed by atoms with Crippen molar-refractivity contribution in [3.63, 3.8) is 0 Å². The lowest BCUT2D eigenvalue weighted by Gasteiger charge is -2.36. The normalized spacial score (nSPS) is 17.7. The lowest BCUT2D eigenvalue weighted by Crippen LogP contribution is -2.55. The summed E-state index contributed by atoms with van der Waals surface area (Å²) >= 11 is 0. The summed E-state index contributed by atoms with van der Waals surface area (Å²) in [5.41, 5.74) is 6.28. The predicted octanol–water partition coefficient (Wildman–Crippen LogP) is 0.993. The van der Waals surface area contributed by atoms with Gasteiger partial charge in [-0.3, -0.25) is 14.5 Å². The Kier molecular flexibility index (Phi) is 7.14. The molecule has 9 nitrogen and oxygen atoms in total. The fraction of sp³-hybridized carbons (Fsp3) is 0.429. The van der Waals surface area contributed by atoms with Gasteiger partial charge in [0.2, 0.25) is 11.0 Å². The van der Waals surface area contributed by atoms with Crippen molar-refractivity contribution in [2.45, 2.75) is 30.9 Å². The molecule has 1 fully saturated rings. The Morgan fingerprint density at radius 3 is 2.29 bits per heavy atom. The standard InChI is InChI=1S/C21H28N4O5S/c1-15(17-6-4-3-5-7-17)14-23-21(27)16(2)24-10-12-25(13-11-24)31(28,29)19-9-8-18(30-19)20(22)26/h3-9,15-16H,10-14H2,1-2H3,(H2,22,26)(H,23,27). The SMILES string of the molecule is CC(CNC(=O)C(C)N1CCN(S(=O)(=O)c2ccc(C(N)=O)o2)CC1)c1ccccc1. The zero-order valence-electron chi connectivity index (χ0n) is 17.7. The van der Waals surface area contributed by atoms with Crippen molar-refractivity contribution < 1.29 is 22.4 Å². The molecule has 168 valence electrons. The van der Waals surface area contributed by atoms with Crippen LogP contribution in [0.1, 0.15) is 35.9 Å². The van der Waals surface area contributed by atoms with Crippen molar-refractivity contribution >= 4 is 21.8 Å². The lowest BCUT2D eigenvalue weighted by molar-refractivity contribution is -0.126. The monoisotopic (exact) mass is 448 g/mol. The lowest BCUT2D eigenvalue weighted by atomic mass is 10.0. The van der Waals surface area contributed by atoms with Crippen molar-refractivity contribution in [3.05, 3.63) is 53.8 Å². The van der Waals surface area contributed by atoms with Gasteiger partial charge in [-0.05, 0) is 30.5 Å². The molecule has 0 spiro atoms. The summed E-state index contributed by atoms with van der Waals surface area (Å²) in [5.74, 6) is -0.922. The van der Waals surface area contributed by atoms with E-state index in [4.69, 9.17) is 10.2 Å². The molecule has 2 atom stereocenters. The first-order valence-corrected chi connectivity index (χ1v) is 11.6. The molecule has 3 N–H and O–H groups in total. The molecule has 2 aromatic rings. The fourth-order valence-electron chi connectivity index (χ4n) is 3.52. The van der Waals surface area contributed by atoms with Gasteiger partial charge in [0, 0.05) is 32.7 Å². The van der Waals surface area contributed by atoms with E-state index >= 15 is 0 Å². The minimum atomic E-state index is -3.86. The average Bonchev–Trinajstić information content (AvgIpc) is 3.29. The molecular formula is C21H28N4O5S. The second-order valence-electron chi connectivity index (χ2n) is 7.66. The van der Waals surface area contributed by atoms with E-state index in [0.29, 0.717) is 19.6 Å². The Hall–Kier alpha value is -2.69. The first-order chi connectivity index (χ1) is 14.7. The largest absolute Gasteiger partial charge is 0.438 e. The van der Waals surface area contributed by atoms with Crippen molar-refractivity contribution in [1.82, 2.24) is 14.5 Å². The second-order valence-corrected chi connectivity index (χ2v) is 9.52. The number of sulfonamides is 1. The third kappa shape index (κ3) is 5.33. The first-order valence-electron chi connectivity index (χ1n) is 10.2. The molecule has 1 saturated heterocycles. The number of furan rings is 1. The Bertz CT molecular complexity index is 1010. The Morgan fingerprint density at radius 1 is 1.06 bits per heavy atom. The smallest absolute Gasteiger partial charge is 0.284 e. The molecule has 1 aliphatic heterocycles. The highest BCUT2D eigenvalue weighted by Crippen LogP contribution is 2.21. The summed E-state index contributed by atoms with van der Waals surface area (Å²) in [4.78, 5) is 25.7. The molecule has 31 heavy (non-hydrogen) atoms. The van der Waals surface area contributed by atoms with Gasteiger partial charge in [-0.25, -0.2) is 8.42 Å². The molecule has 2 heterocycles. The van der Waals surface area contributed by atoms with E-state index in [1.807, 2.05) is 42.2 Å². The number of carbonyl (C=O) groups is 2. The van der Waals surface area contributed by atoms with Crippen molar-refractivity contribution in [1.29, 1.82) is 0 Å². The van der Waals surface area contributed by atoms with Crippen LogP contribution in [0.15, 0.2) is 52.0 Å². The minimum Gasteiger partial charge on any atom is -0.438 e. The Morgan fingerprint density at radius 2 is 1.71 bits per heavy atom. The summed E-state index contributed by atoms with van der Waals surface area (Å²) in [6, 6.07) is 12.1. The highest BCUT2D eigenvalue weighted by Gasteiger charge is 2.33. The molecule has 10 heteroatoms. The maximum Gasteiger partial charge on any atom is 0.284 e. The second kappa shape index (κ2) is 9.63. The average molecular weight is 449 g/mol. The van der Waals surface area contributed by atoms with Crippen molar-refractivity contribution in [3.8, 4) is 0 Å². The number of rotatable bonds is 8. The number of piperazine rings is 1. The molecule has 0 aliphatic carbocycles. The number of hydrogen-bond donors (Lipinski definition) is 2. The number of nitrogens with zero attached hydrogens (tertiary/aromatic N) is 2.